The number of anilines is 1. The molecule has 0 fully saturated rings. The number of Topliss-reactive ketones (excluding diaryl/α,β-unsaturated/α-hetero) is 1. The third-order valence-electron chi connectivity index (χ3n) is 4.08. The van der Waals surface area contributed by atoms with Gasteiger partial charge in [-0.3, -0.25) is 4.79 Å². The van der Waals surface area contributed by atoms with E-state index in [-0.39, 0.29) is 11.5 Å². The third-order valence-corrected chi connectivity index (χ3v) is 4.08. The van der Waals surface area contributed by atoms with Crippen molar-refractivity contribution in [1.29, 1.82) is 0 Å². The smallest absolute Gasteiger partial charge is 0.159 e. The molecule has 0 saturated heterocycles. The maximum atomic E-state index is 10.8. The molecule has 3 aromatic carbocycles. The van der Waals surface area contributed by atoms with Crippen molar-refractivity contribution in [2.24, 2.45) is 0 Å². The molecule has 3 nitrogen and oxygen atoms in total. The fourth-order valence-electron chi connectivity index (χ4n) is 2.57. The number of hydrogen-bond donors (Lipinski definition) is 2. The first-order valence-electron chi connectivity index (χ1n) is 9.27. The van der Waals surface area contributed by atoms with Crippen molar-refractivity contribution in [2.75, 3.05) is 11.9 Å². The van der Waals surface area contributed by atoms with Crippen LogP contribution >= 0.6 is 0 Å². The van der Waals surface area contributed by atoms with Gasteiger partial charge >= 0.3 is 0 Å². The summed E-state index contributed by atoms with van der Waals surface area (Å²) in [5, 5.41) is 12.5. The van der Waals surface area contributed by atoms with Crippen LogP contribution in [0.4, 0.5) is 5.69 Å². The molecule has 0 atom stereocenters. The first-order chi connectivity index (χ1) is 13.4. The lowest BCUT2D eigenvalue weighted by Crippen LogP contribution is -2.02. The number of aryl methyl sites for hydroxylation is 1. The average Bonchev–Trinajstić information content (AvgIpc) is 2.69. The van der Waals surface area contributed by atoms with E-state index in [1.807, 2.05) is 61.5 Å². The minimum absolute atomic E-state index is 0.128. The normalized spacial score (nSPS) is 10.6. The second-order valence-corrected chi connectivity index (χ2v) is 6.73. The molecule has 2 N–H and O–H groups in total. The van der Waals surface area contributed by atoms with Gasteiger partial charge in [-0.25, -0.2) is 0 Å². The lowest BCUT2D eigenvalue weighted by molar-refractivity contribution is 0.101. The van der Waals surface area contributed by atoms with Crippen molar-refractivity contribution in [1.82, 2.24) is 0 Å². The van der Waals surface area contributed by atoms with Crippen LogP contribution in [0.25, 0.3) is 6.08 Å². The van der Waals surface area contributed by atoms with Gasteiger partial charge in [0.05, 0.1) is 0 Å². The van der Waals surface area contributed by atoms with E-state index in [9.17, 15) is 9.90 Å². The molecule has 0 radical (unpaired) electrons. The predicted octanol–water partition coefficient (Wildman–Crippen LogP) is 6.11. The number of carbonyl (C=O) groups excluding carboxylic acids is 1. The number of ketones is 1. The fraction of sp³-hybridized carbons (Fsp3) is 0.160. The van der Waals surface area contributed by atoms with Gasteiger partial charge in [-0.2, -0.15) is 0 Å². The molecule has 0 spiro atoms. The Hall–Kier alpha value is -3.33. The Kier molecular flexibility index (Phi) is 8.04. The third kappa shape index (κ3) is 7.50. The highest BCUT2D eigenvalue weighted by molar-refractivity contribution is 5.94. The quantitative estimate of drug-likeness (QED) is 0.419. The zero-order valence-electron chi connectivity index (χ0n) is 16.6. The van der Waals surface area contributed by atoms with Crippen LogP contribution in [0.15, 0.2) is 84.4 Å². The average molecular weight is 373 g/mol. The predicted molar refractivity (Wildman–Crippen MR) is 118 cm³/mol. The highest BCUT2D eigenvalue weighted by Gasteiger charge is 1.96. The van der Waals surface area contributed by atoms with E-state index in [0.29, 0.717) is 0 Å². The lowest BCUT2D eigenvalue weighted by Gasteiger charge is -2.07. The van der Waals surface area contributed by atoms with Crippen LogP contribution in [0, 0.1) is 6.92 Å². The number of phenols is 1. The van der Waals surface area contributed by atoms with Crippen molar-refractivity contribution >= 4 is 17.5 Å². The topological polar surface area (TPSA) is 49.3 Å². The van der Waals surface area contributed by atoms with Crippen LogP contribution in [0.2, 0.25) is 0 Å². The van der Waals surface area contributed by atoms with Crippen LogP contribution < -0.4 is 5.32 Å². The highest BCUT2D eigenvalue weighted by atomic mass is 16.3. The largest absolute Gasteiger partial charge is 0.508 e. The van der Waals surface area contributed by atoms with Crippen molar-refractivity contribution in [3.63, 3.8) is 0 Å². The first-order valence-corrected chi connectivity index (χ1v) is 9.27. The van der Waals surface area contributed by atoms with Crippen molar-refractivity contribution < 1.29 is 9.90 Å². The van der Waals surface area contributed by atoms with Gasteiger partial charge in [0.1, 0.15) is 5.75 Å². The molecule has 0 unspecified atom stereocenters. The van der Waals surface area contributed by atoms with E-state index in [2.05, 4.69) is 30.4 Å². The maximum Gasteiger partial charge on any atom is 0.159 e. The van der Waals surface area contributed by atoms with Gasteiger partial charge in [0.15, 0.2) is 5.78 Å². The standard InChI is InChI=1S/C16H17NO.C9H10O/c1-13(11-14-5-3-2-4-6-14)12-17-15-7-9-16(18)10-8-15;1-7-4-3-5-9(6-7)8(2)10/h2-11,17-18H,12H2,1H3;3-6H,1-2H3/b13-11+;. The summed E-state index contributed by atoms with van der Waals surface area (Å²) in [6.07, 6.45) is 2.16. The monoisotopic (exact) mass is 373 g/mol. The molecular formula is C25H27NO2. The van der Waals surface area contributed by atoms with Gasteiger partial charge in [0.25, 0.3) is 0 Å². The summed E-state index contributed by atoms with van der Waals surface area (Å²) in [5.74, 6) is 0.417. The number of hydrogen-bond acceptors (Lipinski definition) is 3. The first kappa shape index (κ1) is 21.0. The van der Waals surface area contributed by atoms with Crippen LogP contribution in [-0.2, 0) is 0 Å². The summed E-state index contributed by atoms with van der Waals surface area (Å²) >= 11 is 0. The van der Waals surface area contributed by atoms with E-state index >= 15 is 0 Å². The Bertz CT molecular complexity index is 913. The molecular weight excluding hydrogens is 346 g/mol. The molecule has 3 rings (SSSR count). The summed E-state index contributed by atoms with van der Waals surface area (Å²) in [6.45, 7) is 6.45. The number of benzene rings is 3. The van der Waals surface area contributed by atoms with Gasteiger partial charge in [-0.15, -0.1) is 0 Å². The summed E-state index contributed by atoms with van der Waals surface area (Å²) in [7, 11) is 0. The second-order valence-electron chi connectivity index (χ2n) is 6.73. The maximum absolute atomic E-state index is 10.8. The molecule has 0 amide bonds. The number of carbonyl (C=O) groups is 1. The molecule has 0 bridgehead atoms. The second kappa shape index (κ2) is 10.7. The molecule has 28 heavy (non-hydrogen) atoms. The van der Waals surface area contributed by atoms with E-state index < -0.39 is 0 Å². The lowest BCUT2D eigenvalue weighted by atomic mass is 10.1. The summed E-state index contributed by atoms with van der Waals surface area (Å²) in [4.78, 5) is 10.8. The van der Waals surface area contributed by atoms with E-state index in [4.69, 9.17) is 0 Å². The molecule has 0 aliphatic rings. The summed E-state index contributed by atoms with van der Waals surface area (Å²) < 4.78 is 0. The van der Waals surface area contributed by atoms with Gasteiger partial charge in [-0.05, 0) is 56.7 Å². The Morgan fingerprint density at radius 1 is 0.929 bits per heavy atom. The summed E-state index contributed by atoms with van der Waals surface area (Å²) in [5.41, 5.74) is 5.40. The SMILES string of the molecule is C/C(=C\c1ccccc1)CNc1ccc(O)cc1.CC(=O)c1cccc(C)c1. The molecule has 0 heterocycles. The fourth-order valence-corrected chi connectivity index (χ4v) is 2.57. The molecule has 0 aromatic heterocycles. The zero-order chi connectivity index (χ0) is 20.4. The highest BCUT2D eigenvalue weighted by Crippen LogP contribution is 2.14. The van der Waals surface area contributed by atoms with Crippen molar-refractivity contribution in [2.45, 2.75) is 20.8 Å². The number of phenolic OH excluding ortho intramolecular Hbond substituents is 1. The van der Waals surface area contributed by atoms with E-state index in [1.165, 1.54) is 11.1 Å². The van der Waals surface area contributed by atoms with Gasteiger partial charge in [0, 0.05) is 17.8 Å². The number of aromatic hydroxyl groups is 1. The molecule has 3 aromatic rings. The van der Waals surface area contributed by atoms with Crippen LogP contribution in [0.3, 0.4) is 0 Å². The van der Waals surface area contributed by atoms with E-state index in [1.54, 1.807) is 19.1 Å². The Morgan fingerprint density at radius 2 is 1.61 bits per heavy atom. The minimum Gasteiger partial charge on any atom is -0.508 e. The molecule has 0 aliphatic heterocycles. The molecule has 3 heteroatoms. The Morgan fingerprint density at radius 3 is 2.18 bits per heavy atom. The van der Waals surface area contributed by atoms with Gasteiger partial charge in [-0.1, -0.05) is 65.7 Å². The molecule has 0 saturated carbocycles. The zero-order valence-corrected chi connectivity index (χ0v) is 16.6. The Balaban J connectivity index is 0.000000237. The van der Waals surface area contributed by atoms with Crippen molar-refractivity contribution in [3.05, 3.63) is 101 Å². The summed E-state index contributed by atoms with van der Waals surface area (Å²) in [6, 6.07) is 24.9. The van der Waals surface area contributed by atoms with Crippen molar-refractivity contribution in [3.8, 4) is 5.75 Å². The van der Waals surface area contributed by atoms with Gasteiger partial charge in [0.2, 0.25) is 0 Å². The number of rotatable bonds is 5. The van der Waals surface area contributed by atoms with Crippen LogP contribution in [-0.4, -0.2) is 17.4 Å². The minimum atomic E-state index is 0.128. The Labute approximate surface area is 167 Å². The van der Waals surface area contributed by atoms with Crippen LogP contribution in [0.5, 0.6) is 5.75 Å². The van der Waals surface area contributed by atoms with Gasteiger partial charge < -0.3 is 10.4 Å². The van der Waals surface area contributed by atoms with Crippen LogP contribution in [0.1, 0.15) is 35.3 Å². The van der Waals surface area contributed by atoms with E-state index in [0.717, 1.165) is 23.4 Å². The number of nitrogens with one attached hydrogen (secondary N) is 1. The molecule has 0 aliphatic carbocycles. The molecule has 144 valence electrons.